The molecule has 0 unspecified atom stereocenters. The first-order valence-corrected chi connectivity index (χ1v) is 15.7. The van der Waals surface area contributed by atoms with E-state index in [9.17, 15) is 14.4 Å². The van der Waals surface area contributed by atoms with E-state index in [0.717, 1.165) is 22.9 Å². The number of carboxylic acids is 1. The third-order valence-corrected chi connectivity index (χ3v) is 8.76. The number of para-hydroxylation sites is 1. The van der Waals surface area contributed by atoms with Gasteiger partial charge in [0.2, 0.25) is 5.91 Å². The molecule has 1 aromatic heterocycles. The molecule has 2 heterocycles. The molecule has 0 radical (unpaired) electrons. The second-order valence-electron chi connectivity index (χ2n) is 12.7. The van der Waals surface area contributed by atoms with Crippen LogP contribution in [0, 0.1) is 0 Å². The zero-order chi connectivity index (χ0) is 31.6. The van der Waals surface area contributed by atoms with Gasteiger partial charge in [0.25, 0.3) is 5.91 Å². The lowest BCUT2D eigenvalue weighted by Crippen LogP contribution is -2.45. The lowest BCUT2D eigenvalue weighted by atomic mass is 9.81. The number of fused-ring (bicyclic) bond motifs is 5. The van der Waals surface area contributed by atoms with Gasteiger partial charge in [0.1, 0.15) is 12.4 Å². The first-order valence-electron chi connectivity index (χ1n) is 15.7. The van der Waals surface area contributed by atoms with Gasteiger partial charge < -0.3 is 25.0 Å². The molecule has 2 aliphatic rings. The molecular formula is C37H39N3O5. The summed E-state index contributed by atoms with van der Waals surface area (Å²) in [5.74, 6) is -0.121. The summed E-state index contributed by atoms with van der Waals surface area (Å²) in [6, 6.07) is 21.1. The van der Waals surface area contributed by atoms with Crippen molar-refractivity contribution >= 4 is 40.4 Å². The number of nitrogens with one attached hydrogen (secondary N) is 2. The minimum atomic E-state index is -1.02. The Hall–Kier alpha value is -4.85. The van der Waals surface area contributed by atoms with Crippen molar-refractivity contribution in [3.05, 3.63) is 89.5 Å². The number of carboxylic acid groups (broad SMARTS) is 1. The Morgan fingerprint density at radius 1 is 1.00 bits per heavy atom. The van der Waals surface area contributed by atoms with Crippen LogP contribution in [0.3, 0.4) is 0 Å². The summed E-state index contributed by atoms with van der Waals surface area (Å²) in [4.78, 5) is 37.2. The highest BCUT2D eigenvalue weighted by Crippen LogP contribution is 2.47. The Morgan fingerprint density at radius 2 is 1.76 bits per heavy atom. The highest BCUT2D eigenvalue weighted by atomic mass is 16.5. The molecule has 232 valence electrons. The summed E-state index contributed by atoms with van der Waals surface area (Å²) in [6.45, 7) is 4.92. The van der Waals surface area contributed by atoms with Crippen molar-refractivity contribution < 1.29 is 24.2 Å². The van der Waals surface area contributed by atoms with E-state index in [0.29, 0.717) is 35.9 Å². The quantitative estimate of drug-likeness (QED) is 0.182. The van der Waals surface area contributed by atoms with Gasteiger partial charge in [-0.15, -0.1) is 0 Å². The fourth-order valence-corrected chi connectivity index (χ4v) is 6.76. The molecule has 0 bridgehead atoms. The molecule has 1 fully saturated rings. The summed E-state index contributed by atoms with van der Waals surface area (Å²) in [5, 5.41) is 15.9. The molecule has 6 rings (SSSR count). The standard InChI is InChI=1S/C37H39N3O5/c1-37(2,23-32(41)38-27-16-12-24(13-17-27)14-19-33(42)43)39-36(44)26-15-18-28-30(22-26)40-20-21-45-31-11-7-6-10-29(31)35(40)34(28)25-8-4-3-5-9-25/h6-7,10-19,22,25H,3-5,8-9,20-21,23H2,1-2H3,(H,38,41)(H,39,44)(H,42,43)/b19-14+. The summed E-state index contributed by atoms with van der Waals surface area (Å²) in [5.41, 5.74) is 5.77. The molecular weight excluding hydrogens is 566 g/mol. The number of amides is 2. The van der Waals surface area contributed by atoms with E-state index in [-0.39, 0.29) is 18.2 Å². The highest BCUT2D eigenvalue weighted by Gasteiger charge is 2.30. The number of ether oxygens (including phenoxy) is 1. The van der Waals surface area contributed by atoms with Crippen molar-refractivity contribution in [3.8, 4) is 17.0 Å². The van der Waals surface area contributed by atoms with Gasteiger partial charge in [-0.05, 0) is 86.2 Å². The third kappa shape index (κ3) is 6.65. The van der Waals surface area contributed by atoms with E-state index in [1.807, 2.05) is 38.1 Å². The van der Waals surface area contributed by atoms with E-state index in [1.54, 1.807) is 24.3 Å². The fourth-order valence-electron chi connectivity index (χ4n) is 6.76. The number of aromatic nitrogens is 1. The van der Waals surface area contributed by atoms with Gasteiger partial charge in [0, 0.05) is 45.8 Å². The number of nitrogens with zero attached hydrogens (tertiary/aromatic N) is 1. The number of benzene rings is 3. The molecule has 3 N–H and O–H groups in total. The first-order chi connectivity index (χ1) is 21.7. The topological polar surface area (TPSA) is 110 Å². The second-order valence-corrected chi connectivity index (χ2v) is 12.7. The largest absolute Gasteiger partial charge is 0.491 e. The number of hydrogen-bond acceptors (Lipinski definition) is 4. The Kier molecular flexibility index (Phi) is 8.48. The minimum absolute atomic E-state index is 0.0716. The average Bonchev–Trinajstić information content (AvgIpc) is 3.21. The summed E-state index contributed by atoms with van der Waals surface area (Å²) in [7, 11) is 0. The van der Waals surface area contributed by atoms with Crippen molar-refractivity contribution in [3.63, 3.8) is 0 Å². The smallest absolute Gasteiger partial charge is 0.328 e. The molecule has 3 aromatic carbocycles. The van der Waals surface area contributed by atoms with E-state index in [4.69, 9.17) is 9.84 Å². The maximum absolute atomic E-state index is 13.6. The summed E-state index contributed by atoms with van der Waals surface area (Å²) in [6.07, 6.45) is 8.69. The van der Waals surface area contributed by atoms with Crippen LogP contribution in [0.2, 0.25) is 0 Å². The molecule has 8 nitrogen and oxygen atoms in total. The second kappa shape index (κ2) is 12.6. The van der Waals surface area contributed by atoms with Gasteiger partial charge in [-0.25, -0.2) is 4.79 Å². The van der Waals surface area contributed by atoms with Crippen LogP contribution in [0.4, 0.5) is 5.69 Å². The SMILES string of the molecule is CC(C)(CC(=O)Nc1ccc(/C=C/C(=O)O)cc1)NC(=O)c1ccc2c(C3CCCCC3)c3n(c2c1)CCOc1ccccc1-3. The number of carbonyl (C=O) groups is 3. The lowest BCUT2D eigenvalue weighted by molar-refractivity contribution is -0.131. The molecule has 1 saturated carbocycles. The lowest BCUT2D eigenvalue weighted by Gasteiger charge is -2.26. The molecule has 2 amide bonds. The van der Waals surface area contributed by atoms with E-state index >= 15 is 0 Å². The van der Waals surface area contributed by atoms with Crippen molar-refractivity contribution in [1.29, 1.82) is 0 Å². The van der Waals surface area contributed by atoms with E-state index in [1.165, 1.54) is 54.8 Å². The highest BCUT2D eigenvalue weighted by molar-refractivity contribution is 6.02. The van der Waals surface area contributed by atoms with Crippen LogP contribution in [0.1, 0.15) is 79.8 Å². The van der Waals surface area contributed by atoms with Gasteiger partial charge in [-0.1, -0.05) is 49.6 Å². The summed E-state index contributed by atoms with van der Waals surface area (Å²) < 4.78 is 8.50. The molecule has 0 atom stereocenters. The molecule has 0 spiro atoms. The predicted octanol–water partition coefficient (Wildman–Crippen LogP) is 7.38. The molecule has 4 aromatic rings. The number of hydrogen-bond donors (Lipinski definition) is 3. The Morgan fingerprint density at radius 3 is 2.51 bits per heavy atom. The van der Waals surface area contributed by atoms with Gasteiger partial charge in [-0.2, -0.15) is 0 Å². The fraction of sp³-hybridized carbons (Fsp3) is 0.324. The first kappa shape index (κ1) is 30.2. The van der Waals surface area contributed by atoms with Crippen LogP contribution < -0.4 is 15.4 Å². The van der Waals surface area contributed by atoms with Crippen molar-refractivity contribution in [2.75, 3.05) is 11.9 Å². The maximum Gasteiger partial charge on any atom is 0.328 e. The number of aliphatic carboxylic acids is 1. The number of carbonyl (C=O) groups excluding carboxylic acids is 2. The number of anilines is 1. The zero-order valence-electron chi connectivity index (χ0n) is 25.8. The van der Waals surface area contributed by atoms with Crippen LogP contribution in [0.15, 0.2) is 72.8 Å². The van der Waals surface area contributed by atoms with E-state index in [2.05, 4.69) is 33.4 Å². The van der Waals surface area contributed by atoms with E-state index < -0.39 is 11.5 Å². The van der Waals surface area contributed by atoms with Crippen LogP contribution in [0.5, 0.6) is 5.75 Å². The van der Waals surface area contributed by atoms with Crippen molar-refractivity contribution in [2.45, 2.75) is 70.4 Å². The molecule has 45 heavy (non-hydrogen) atoms. The van der Waals surface area contributed by atoms with Crippen molar-refractivity contribution in [2.24, 2.45) is 0 Å². The third-order valence-electron chi connectivity index (χ3n) is 8.76. The number of rotatable bonds is 8. The zero-order valence-corrected chi connectivity index (χ0v) is 25.8. The molecule has 1 aliphatic heterocycles. The van der Waals surface area contributed by atoms with Crippen molar-refractivity contribution in [1.82, 2.24) is 9.88 Å². The van der Waals surface area contributed by atoms with Gasteiger partial charge >= 0.3 is 5.97 Å². The molecule has 8 heteroatoms. The Labute approximate surface area is 263 Å². The minimum Gasteiger partial charge on any atom is -0.491 e. The van der Waals surface area contributed by atoms with Crippen LogP contribution in [-0.4, -0.2) is 39.6 Å². The molecule has 0 saturated heterocycles. The van der Waals surface area contributed by atoms with Crippen LogP contribution >= 0.6 is 0 Å². The Bertz CT molecular complexity index is 1780. The maximum atomic E-state index is 13.6. The van der Waals surface area contributed by atoms with Gasteiger partial charge in [0.05, 0.1) is 12.2 Å². The molecule has 1 aliphatic carbocycles. The van der Waals surface area contributed by atoms with Crippen LogP contribution in [0.25, 0.3) is 28.2 Å². The Balaban J connectivity index is 1.23. The monoisotopic (exact) mass is 605 g/mol. The van der Waals surface area contributed by atoms with Gasteiger partial charge in [0.15, 0.2) is 0 Å². The normalized spacial score (nSPS) is 15.2. The van der Waals surface area contributed by atoms with Crippen LogP contribution in [-0.2, 0) is 16.1 Å². The predicted molar refractivity (Wildman–Crippen MR) is 177 cm³/mol. The summed E-state index contributed by atoms with van der Waals surface area (Å²) >= 11 is 0. The van der Waals surface area contributed by atoms with Gasteiger partial charge in [-0.3, -0.25) is 9.59 Å². The average molecular weight is 606 g/mol.